The highest BCUT2D eigenvalue weighted by molar-refractivity contribution is 5.27. The van der Waals surface area contributed by atoms with E-state index in [0.29, 0.717) is 12.0 Å². The Hall–Kier alpha value is -0.930. The van der Waals surface area contributed by atoms with Crippen LogP contribution in [0.15, 0.2) is 18.2 Å². The van der Waals surface area contributed by atoms with E-state index in [2.05, 4.69) is 17.1 Å². The van der Waals surface area contributed by atoms with Gasteiger partial charge in [0.2, 0.25) is 0 Å². The Labute approximate surface area is 122 Å². The number of halogens is 1. The van der Waals surface area contributed by atoms with Gasteiger partial charge in [0.1, 0.15) is 5.82 Å². The van der Waals surface area contributed by atoms with Crippen LogP contribution in [0.2, 0.25) is 0 Å². The molecular weight excluding hydrogens is 251 g/mol. The SMILES string of the molecule is CCN1CCCCC(CNC)C1c1ccc(F)c(C)c1. The van der Waals surface area contributed by atoms with E-state index in [-0.39, 0.29) is 5.82 Å². The Kier molecular flexibility index (Phi) is 5.55. The van der Waals surface area contributed by atoms with Gasteiger partial charge in [-0.2, -0.15) is 0 Å². The minimum Gasteiger partial charge on any atom is -0.319 e. The molecule has 0 spiro atoms. The van der Waals surface area contributed by atoms with E-state index in [1.165, 1.54) is 24.8 Å². The maximum Gasteiger partial charge on any atom is 0.126 e. The maximum atomic E-state index is 13.5. The molecule has 3 heteroatoms. The second-order valence-electron chi connectivity index (χ2n) is 5.90. The number of benzene rings is 1. The van der Waals surface area contributed by atoms with Gasteiger partial charge >= 0.3 is 0 Å². The van der Waals surface area contributed by atoms with Crippen molar-refractivity contribution in [3.63, 3.8) is 0 Å². The van der Waals surface area contributed by atoms with Gasteiger partial charge in [-0.05, 0) is 69.6 Å². The van der Waals surface area contributed by atoms with Crippen LogP contribution in [0.5, 0.6) is 0 Å². The summed E-state index contributed by atoms with van der Waals surface area (Å²) in [6, 6.07) is 6.05. The van der Waals surface area contributed by atoms with Gasteiger partial charge in [0.15, 0.2) is 0 Å². The average Bonchev–Trinajstić information content (AvgIpc) is 2.64. The van der Waals surface area contributed by atoms with Gasteiger partial charge in [0.05, 0.1) is 0 Å². The second-order valence-corrected chi connectivity index (χ2v) is 5.90. The third-order valence-electron chi connectivity index (χ3n) is 4.51. The Balaban J connectivity index is 2.34. The van der Waals surface area contributed by atoms with E-state index in [4.69, 9.17) is 0 Å². The molecule has 1 heterocycles. The van der Waals surface area contributed by atoms with Gasteiger partial charge in [-0.1, -0.05) is 25.5 Å². The van der Waals surface area contributed by atoms with Gasteiger partial charge in [-0.15, -0.1) is 0 Å². The zero-order valence-electron chi connectivity index (χ0n) is 13.0. The van der Waals surface area contributed by atoms with E-state index in [1.54, 1.807) is 6.07 Å². The summed E-state index contributed by atoms with van der Waals surface area (Å²) < 4.78 is 13.5. The molecule has 1 saturated heterocycles. The predicted molar refractivity (Wildman–Crippen MR) is 82.4 cm³/mol. The molecule has 0 aliphatic carbocycles. The van der Waals surface area contributed by atoms with Crippen LogP contribution in [0.4, 0.5) is 4.39 Å². The van der Waals surface area contributed by atoms with Gasteiger partial charge < -0.3 is 5.32 Å². The first-order valence-corrected chi connectivity index (χ1v) is 7.82. The molecular formula is C17H27FN2. The quantitative estimate of drug-likeness (QED) is 0.906. The topological polar surface area (TPSA) is 15.3 Å². The van der Waals surface area contributed by atoms with E-state index in [0.717, 1.165) is 25.2 Å². The fourth-order valence-corrected chi connectivity index (χ4v) is 3.48. The second kappa shape index (κ2) is 7.19. The predicted octanol–water partition coefficient (Wildman–Crippen LogP) is 3.52. The Bertz CT molecular complexity index is 433. The monoisotopic (exact) mass is 278 g/mol. The molecule has 0 bridgehead atoms. The largest absolute Gasteiger partial charge is 0.319 e. The first-order chi connectivity index (χ1) is 9.67. The highest BCUT2D eigenvalue weighted by atomic mass is 19.1. The van der Waals surface area contributed by atoms with Gasteiger partial charge in [0.25, 0.3) is 0 Å². The molecule has 0 saturated carbocycles. The molecule has 1 N–H and O–H groups in total. The molecule has 2 rings (SSSR count). The van der Waals surface area contributed by atoms with Crippen molar-refractivity contribution in [3.8, 4) is 0 Å². The molecule has 0 amide bonds. The summed E-state index contributed by atoms with van der Waals surface area (Å²) in [4.78, 5) is 2.56. The molecule has 20 heavy (non-hydrogen) atoms. The molecule has 1 fully saturated rings. The Morgan fingerprint density at radius 1 is 1.35 bits per heavy atom. The highest BCUT2D eigenvalue weighted by Gasteiger charge is 2.30. The minimum atomic E-state index is -0.101. The van der Waals surface area contributed by atoms with Crippen LogP contribution in [0.3, 0.4) is 0 Å². The first-order valence-electron chi connectivity index (χ1n) is 7.82. The first kappa shape index (κ1) is 15.5. The third-order valence-corrected chi connectivity index (χ3v) is 4.51. The summed E-state index contributed by atoms with van der Waals surface area (Å²) in [6.07, 6.45) is 3.81. The lowest BCUT2D eigenvalue weighted by Crippen LogP contribution is -2.36. The number of nitrogens with zero attached hydrogens (tertiary/aromatic N) is 1. The summed E-state index contributed by atoms with van der Waals surface area (Å²) in [5.74, 6) is 0.503. The molecule has 2 nitrogen and oxygen atoms in total. The number of hydrogen-bond donors (Lipinski definition) is 1. The van der Waals surface area contributed by atoms with Crippen LogP contribution in [-0.2, 0) is 0 Å². The lowest BCUT2D eigenvalue weighted by molar-refractivity contribution is 0.162. The fraction of sp³-hybridized carbons (Fsp3) is 0.647. The number of nitrogens with one attached hydrogen (secondary N) is 1. The normalized spacial score (nSPS) is 24.6. The van der Waals surface area contributed by atoms with Crippen molar-refractivity contribution in [2.45, 2.75) is 39.2 Å². The third kappa shape index (κ3) is 3.39. The number of likely N-dealkylation sites (tertiary alicyclic amines) is 1. The molecule has 1 aliphatic rings. The Morgan fingerprint density at radius 2 is 2.15 bits per heavy atom. The zero-order chi connectivity index (χ0) is 14.5. The lowest BCUT2D eigenvalue weighted by Gasteiger charge is -2.35. The van der Waals surface area contributed by atoms with Crippen LogP contribution in [-0.4, -0.2) is 31.6 Å². The molecule has 1 aromatic carbocycles. The highest BCUT2D eigenvalue weighted by Crippen LogP contribution is 2.35. The van der Waals surface area contributed by atoms with E-state index < -0.39 is 0 Å². The summed E-state index contributed by atoms with van der Waals surface area (Å²) >= 11 is 0. The van der Waals surface area contributed by atoms with Gasteiger partial charge in [-0.25, -0.2) is 4.39 Å². The summed E-state index contributed by atoms with van der Waals surface area (Å²) in [5.41, 5.74) is 2.03. The van der Waals surface area contributed by atoms with Crippen molar-refractivity contribution in [1.82, 2.24) is 10.2 Å². The number of hydrogen-bond acceptors (Lipinski definition) is 2. The standard InChI is InChI=1S/C17H27FN2/c1-4-20-10-6-5-7-15(12-19-3)17(20)14-8-9-16(18)13(2)11-14/h8-9,11,15,17,19H,4-7,10,12H2,1-3H3. The summed E-state index contributed by atoms with van der Waals surface area (Å²) in [6.45, 7) is 7.32. The van der Waals surface area contributed by atoms with E-state index in [1.807, 2.05) is 26.1 Å². The average molecular weight is 278 g/mol. The van der Waals surface area contributed by atoms with Crippen LogP contribution in [0.1, 0.15) is 43.4 Å². The summed E-state index contributed by atoms with van der Waals surface area (Å²) in [7, 11) is 2.02. The van der Waals surface area contributed by atoms with Crippen LogP contribution in [0.25, 0.3) is 0 Å². The van der Waals surface area contributed by atoms with Crippen molar-refractivity contribution in [2.24, 2.45) is 5.92 Å². The van der Waals surface area contributed by atoms with Crippen LogP contribution < -0.4 is 5.32 Å². The molecule has 1 aromatic rings. The van der Waals surface area contributed by atoms with Crippen molar-refractivity contribution < 1.29 is 4.39 Å². The molecule has 0 radical (unpaired) electrons. The maximum absolute atomic E-state index is 13.5. The van der Waals surface area contributed by atoms with Crippen molar-refractivity contribution in [1.29, 1.82) is 0 Å². The number of rotatable bonds is 4. The minimum absolute atomic E-state index is 0.101. The molecule has 0 aromatic heterocycles. The van der Waals surface area contributed by atoms with E-state index in [9.17, 15) is 4.39 Å². The lowest BCUT2D eigenvalue weighted by atomic mass is 9.88. The van der Waals surface area contributed by atoms with Crippen LogP contribution in [0, 0.1) is 18.7 Å². The van der Waals surface area contributed by atoms with Crippen molar-refractivity contribution >= 4 is 0 Å². The van der Waals surface area contributed by atoms with Gasteiger partial charge in [-0.3, -0.25) is 4.90 Å². The molecule has 112 valence electrons. The molecule has 2 unspecified atom stereocenters. The van der Waals surface area contributed by atoms with Crippen LogP contribution >= 0.6 is 0 Å². The number of aryl methyl sites for hydroxylation is 1. The zero-order valence-corrected chi connectivity index (χ0v) is 13.0. The summed E-state index contributed by atoms with van der Waals surface area (Å²) in [5, 5.41) is 3.33. The fourth-order valence-electron chi connectivity index (χ4n) is 3.48. The van der Waals surface area contributed by atoms with E-state index >= 15 is 0 Å². The smallest absolute Gasteiger partial charge is 0.126 e. The molecule has 1 aliphatic heterocycles. The Morgan fingerprint density at radius 3 is 2.80 bits per heavy atom. The van der Waals surface area contributed by atoms with Crippen molar-refractivity contribution in [3.05, 3.63) is 35.1 Å². The molecule has 2 atom stereocenters. The van der Waals surface area contributed by atoms with Crippen molar-refractivity contribution in [2.75, 3.05) is 26.7 Å². The van der Waals surface area contributed by atoms with Gasteiger partial charge in [0, 0.05) is 6.04 Å².